The van der Waals surface area contributed by atoms with Gasteiger partial charge in [-0.3, -0.25) is 0 Å². The number of ether oxygens (including phenoxy) is 1. The molecule has 0 atom stereocenters. The molecule has 1 aromatic heterocycles. The van der Waals surface area contributed by atoms with Crippen molar-refractivity contribution in [2.75, 3.05) is 13.2 Å². The molecule has 68 valence electrons. The first-order valence-corrected chi connectivity index (χ1v) is 4.24. The Labute approximate surface area is 71.9 Å². The fourth-order valence-electron chi connectivity index (χ4n) is 0.866. The van der Waals surface area contributed by atoms with Gasteiger partial charge in [-0.05, 0) is 0 Å². The third-order valence-corrected chi connectivity index (χ3v) is 1.55. The highest BCUT2D eigenvalue weighted by molar-refractivity contribution is 4.97. The molecule has 1 aliphatic rings. The smallest absolute Gasteiger partial charge is 0.223 e. The van der Waals surface area contributed by atoms with E-state index in [-0.39, 0.29) is 0 Å². The van der Waals surface area contributed by atoms with Crippen molar-refractivity contribution in [2.24, 2.45) is 0 Å². The lowest BCUT2D eigenvalue weighted by atomic mass is 10.1. The summed E-state index contributed by atoms with van der Waals surface area (Å²) in [6, 6.07) is 0. The van der Waals surface area contributed by atoms with E-state index in [1.807, 2.05) is 13.8 Å². The lowest BCUT2D eigenvalue weighted by molar-refractivity contribution is 0.00403. The Morgan fingerprint density at radius 3 is 2.33 bits per heavy atom. The predicted octanol–water partition coefficient (Wildman–Crippen LogP) is 1.52. The summed E-state index contributed by atoms with van der Waals surface area (Å²) in [4.78, 5) is 4.07. The minimum atomic E-state index is 0.373. The molecule has 0 aromatic carbocycles. The van der Waals surface area contributed by atoms with Gasteiger partial charge in [0.25, 0.3) is 0 Å². The van der Waals surface area contributed by atoms with Gasteiger partial charge < -0.3 is 9.26 Å². The molecule has 1 fully saturated rings. The molecule has 0 bridgehead atoms. The maximum absolute atomic E-state index is 4.98. The van der Waals surface area contributed by atoms with E-state index in [1.54, 1.807) is 6.92 Å². The molecule has 0 unspecified atom stereocenters. The van der Waals surface area contributed by atoms with Crippen LogP contribution in [0.5, 0.6) is 0 Å². The molecular weight excluding hydrogens is 156 g/mol. The van der Waals surface area contributed by atoms with Gasteiger partial charge in [0, 0.05) is 6.92 Å². The first-order valence-electron chi connectivity index (χ1n) is 4.24. The van der Waals surface area contributed by atoms with Gasteiger partial charge in [-0.15, -0.1) is 0 Å². The summed E-state index contributed by atoms with van der Waals surface area (Å²) in [6.07, 6.45) is 0. The Balaban J connectivity index is 0.000000336. The molecule has 1 aliphatic heterocycles. The van der Waals surface area contributed by atoms with E-state index < -0.39 is 0 Å². The van der Waals surface area contributed by atoms with Gasteiger partial charge >= 0.3 is 0 Å². The number of nitrogens with zero attached hydrogens (tertiary/aromatic N) is 2. The van der Waals surface area contributed by atoms with Crippen molar-refractivity contribution in [3.8, 4) is 0 Å². The number of hydrogen-bond donors (Lipinski definition) is 0. The molecule has 2 rings (SSSR count). The van der Waals surface area contributed by atoms with Crippen LogP contribution in [0.2, 0.25) is 0 Å². The molecule has 1 aromatic rings. The highest BCUT2D eigenvalue weighted by atomic mass is 16.5. The summed E-state index contributed by atoms with van der Waals surface area (Å²) in [5.74, 6) is 1.78. The van der Waals surface area contributed by atoms with Crippen LogP contribution in [-0.4, -0.2) is 23.4 Å². The van der Waals surface area contributed by atoms with Gasteiger partial charge in [-0.2, -0.15) is 4.98 Å². The Bertz CT molecular complexity index is 231. The van der Waals surface area contributed by atoms with Crippen LogP contribution >= 0.6 is 0 Å². The minimum absolute atomic E-state index is 0.373. The molecule has 4 heteroatoms. The second-order valence-corrected chi connectivity index (χ2v) is 2.41. The zero-order valence-corrected chi connectivity index (χ0v) is 7.70. The molecule has 0 radical (unpaired) electrons. The van der Waals surface area contributed by atoms with Crippen LogP contribution in [0.3, 0.4) is 0 Å². The SMILES string of the molecule is CC.Cc1nc(C2COC2)no1. The minimum Gasteiger partial charge on any atom is -0.380 e. The van der Waals surface area contributed by atoms with E-state index >= 15 is 0 Å². The molecule has 2 heterocycles. The Hall–Kier alpha value is -0.900. The maximum Gasteiger partial charge on any atom is 0.223 e. The van der Waals surface area contributed by atoms with Crippen molar-refractivity contribution >= 4 is 0 Å². The summed E-state index contributed by atoms with van der Waals surface area (Å²) in [6.45, 7) is 7.26. The van der Waals surface area contributed by atoms with Crippen molar-refractivity contribution in [2.45, 2.75) is 26.7 Å². The van der Waals surface area contributed by atoms with E-state index in [1.165, 1.54) is 0 Å². The average Bonchev–Trinajstić information content (AvgIpc) is 2.37. The summed E-state index contributed by atoms with van der Waals surface area (Å²) >= 11 is 0. The van der Waals surface area contributed by atoms with E-state index in [4.69, 9.17) is 9.26 Å². The maximum atomic E-state index is 4.98. The van der Waals surface area contributed by atoms with Crippen LogP contribution in [0.15, 0.2) is 4.52 Å². The Morgan fingerprint density at radius 1 is 1.33 bits per heavy atom. The van der Waals surface area contributed by atoms with Gasteiger partial charge in [0.15, 0.2) is 5.82 Å². The summed E-state index contributed by atoms with van der Waals surface area (Å²) in [7, 11) is 0. The Kier molecular flexibility index (Phi) is 3.22. The van der Waals surface area contributed by atoms with Gasteiger partial charge in [-0.25, -0.2) is 0 Å². The molecule has 12 heavy (non-hydrogen) atoms. The third kappa shape index (κ3) is 1.82. The van der Waals surface area contributed by atoms with E-state index in [2.05, 4.69) is 10.1 Å². The molecule has 0 amide bonds. The van der Waals surface area contributed by atoms with Crippen LogP contribution < -0.4 is 0 Å². The number of rotatable bonds is 1. The monoisotopic (exact) mass is 170 g/mol. The van der Waals surface area contributed by atoms with Crippen LogP contribution in [0, 0.1) is 6.92 Å². The van der Waals surface area contributed by atoms with Gasteiger partial charge in [-0.1, -0.05) is 19.0 Å². The topological polar surface area (TPSA) is 48.2 Å². The van der Waals surface area contributed by atoms with E-state index in [0.29, 0.717) is 11.8 Å². The Morgan fingerprint density at radius 2 is 2.00 bits per heavy atom. The fourth-order valence-corrected chi connectivity index (χ4v) is 0.866. The van der Waals surface area contributed by atoms with Crippen molar-refractivity contribution in [1.29, 1.82) is 0 Å². The highest BCUT2D eigenvalue weighted by Gasteiger charge is 2.24. The van der Waals surface area contributed by atoms with E-state index in [9.17, 15) is 0 Å². The van der Waals surface area contributed by atoms with Gasteiger partial charge in [0.2, 0.25) is 5.89 Å². The number of aromatic nitrogens is 2. The van der Waals surface area contributed by atoms with Crippen LogP contribution in [0.4, 0.5) is 0 Å². The molecule has 0 aliphatic carbocycles. The molecule has 1 saturated heterocycles. The summed E-state index contributed by atoms with van der Waals surface area (Å²) in [5, 5.41) is 3.77. The quantitative estimate of drug-likeness (QED) is 0.641. The largest absolute Gasteiger partial charge is 0.380 e. The zero-order valence-electron chi connectivity index (χ0n) is 7.70. The van der Waals surface area contributed by atoms with Crippen LogP contribution in [0.1, 0.15) is 31.5 Å². The lowest BCUT2D eigenvalue weighted by Gasteiger charge is -2.21. The van der Waals surface area contributed by atoms with Crippen molar-refractivity contribution in [3.05, 3.63) is 11.7 Å². The van der Waals surface area contributed by atoms with Crippen molar-refractivity contribution < 1.29 is 9.26 Å². The average molecular weight is 170 g/mol. The molecule has 4 nitrogen and oxygen atoms in total. The second-order valence-electron chi connectivity index (χ2n) is 2.41. The fraction of sp³-hybridized carbons (Fsp3) is 0.750. The van der Waals surface area contributed by atoms with Crippen molar-refractivity contribution in [3.63, 3.8) is 0 Å². The van der Waals surface area contributed by atoms with Crippen molar-refractivity contribution in [1.82, 2.24) is 10.1 Å². The first kappa shape index (κ1) is 9.19. The summed E-state index contributed by atoms with van der Waals surface area (Å²) < 4.78 is 9.78. The second kappa shape index (κ2) is 4.21. The van der Waals surface area contributed by atoms with Gasteiger partial charge in [0.1, 0.15) is 0 Å². The molecular formula is C8H14N2O2. The highest BCUT2D eigenvalue weighted by Crippen LogP contribution is 2.20. The number of aryl methyl sites for hydroxylation is 1. The zero-order chi connectivity index (χ0) is 8.97. The first-order chi connectivity index (χ1) is 5.86. The molecule has 0 saturated carbocycles. The van der Waals surface area contributed by atoms with Crippen LogP contribution in [-0.2, 0) is 4.74 Å². The normalized spacial score (nSPS) is 16.2. The number of hydrogen-bond acceptors (Lipinski definition) is 4. The molecule has 0 N–H and O–H groups in total. The van der Waals surface area contributed by atoms with E-state index in [0.717, 1.165) is 19.0 Å². The summed E-state index contributed by atoms with van der Waals surface area (Å²) in [5.41, 5.74) is 0. The third-order valence-electron chi connectivity index (χ3n) is 1.55. The molecule has 0 spiro atoms. The lowest BCUT2D eigenvalue weighted by Crippen LogP contribution is -2.26. The predicted molar refractivity (Wildman–Crippen MR) is 43.9 cm³/mol. The van der Waals surface area contributed by atoms with Gasteiger partial charge in [0.05, 0.1) is 19.1 Å². The standard InChI is InChI=1S/C6H8N2O2.C2H6/c1-4-7-6(8-10-4)5-2-9-3-5;1-2/h5H,2-3H2,1H3;1-2H3. The van der Waals surface area contributed by atoms with Crippen LogP contribution in [0.25, 0.3) is 0 Å².